The van der Waals surface area contributed by atoms with Gasteiger partial charge in [-0.2, -0.15) is 0 Å². The average Bonchev–Trinajstić information content (AvgIpc) is 2.92. The number of ether oxygens (including phenoxy) is 1. The number of carbonyl (C=O) groups is 1. The molecular weight excluding hydrogens is 300 g/mol. The van der Waals surface area contributed by atoms with Gasteiger partial charge in [0, 0.05) is 11.9 Å². The monoisotopic (exact) mass is 318 g/mol. The molecule has 2 aromatic rings. The average molecular weight is 318 g/mol. The Bertz CT molecular complexity index is 665. The molecule has 6 heteroatoms. The number of aliphatic hydroxyl groups is 1. The second kappa shape index (κ2) is 7.09. The zero-order valence-electron chi connectivity index (χ0n) is 12.1. The number of hydrogen-bond donors (Lipinski definition) is 1. The van der Waals surface area contributed by atoms with E-state index in [9.17, 15) is 4.79 Å². The van der Waals surface area contributed by atoms with E-state index in [0.717, 1.165) is 16.6 Å². The largest absolute Gasteiger partial charge is 0.394 e. The zero-order valence-corrected chi connectivity index (χ0v) is 13.0. The fraction of sp³-hybridized carbons (Fsp3) is 0.375. The predicted octanol–water partition coefficient (Wildman–Crippen LogP) is 1.82. The van der Waals surface area contributed by atoms with Gasteiger partial charge in [0.15, 0.2) is 0 Å². The lowest BCUT2D eigenvalue weighted by Crippen LogP contribution is -2.32. The van der Waals surface area contributed by atoms with Crippen molar-refractivity contribution in [3.8, 4) is 0 Å². The summed E-state index contributed by atoms with van der Waals surface area (Å²) >= 11 is 1.59. The van der Waals surface area contributed by atoms with Gasteiger partial charge in [-0.1, -0.05) is 24.3 Å². The smallest absolute Gasteiger partial charge is 0.233 e. The van der Waals surface area contributed by atoms with Crippen molar-refractivity contribution < 1.29 is 14.6 Å². The number of carbonyl (C=O) groups excluding carboxylic acids is 1. The number of fused-ring (bicyclic) bond motifs is 1. The first-order valence-corrected chi connectivity index (χ1v) is 8.30. The quantitative estimate of drug-likeness (QED) is 0.823. The first kappa shape index (κ1) is 15.3. The molecule has 0 spiro atoms. The second-order valence-electron chi connectivity index (χ2n) is 5.02. The molecular formula is C16H18N2O3S. The van der Waals surface area contributed by atoms with Gasteiger partial charge in [-0.05, 0) is 12.1 Å². The molecule has 1 unspecified atom stereocenters. The third-order valence-corrected chi connectivity index (χ3v) is 4.78. The van der Waals surface area contributed by atoms with Crippen molar-refractivity contribution >= 4 is 28.6 Å². The van der Waals surface area contributed by atoms with Crippen molar-refractivity contribution in [1.29, 1.82) is 0 Å². The molecule has 5 nitrogen and oxygen atoms in total. The maximum absolute atomic E-state index is 12.1. The summed E-state index contributed by atoms with van der Waals surface area (Å²) in [6.07, 6.45) is 0. The number of aliphatic hydroxyl groups excluding tert-OH is 1. The van der Waals surface area contributed by atoms with Crippen LogP contribution in [0.2, 0.25) is 0 Å². The van der Waals surface area contributed by atoms with Gasteiger partial charge in [-0.25, -0.2) is 4.98 Å². The van der Waals surface area contributed by atoms with Crippen molar-refractivity contribution in [2.45, 2.75) is 5.37 Å². The number of nitrogens with zero attached hydrogens (tertiary/aromatic N) is 2. The number of para-hydroxylation sites is 1. The van der Waals surface area contributed by atoms with E-state index in [0.29, 0.717) is 25.5 Å². The molecule has 1 aromatic carbocycles. The highest BCUT2D eigenvalue weighted by molar-refractivity contribution is 8.00. The molecule has 1 atom stereocenters. The van der Waals surface area contributed by atoms with E-state index in [2.05, 4.69) is 0 Å². The van der Waals surface area contributed by atoms with Gasteiger partial charge < -0.3 is 14.7 Å². The summed E-state index contributed by atoms with van der Waals surface area (Å²) in [5, 5.41) is 9.76. The lowest BCUT2D eigenvalue weighted by atomic mass is 10.2. The standard InChI is InChI=1S/C16H18N2O3S/c19-8-10-21-9-7-18-15(20)11-22-16(18)14-6-5-12-3-1-2-4-13(12)17-14/h1-6,16,19H,7-11H2. The number of amides is 1. The molecule has 1 N–H and O–H groups in total. The SMILES string of the molecule is O=C1CSC(c2ccc3ccccc3n2)N1CCOCCO. The van der Waals surface area contributed by atoms with Crippen LogP contribution in [-0.4, -0.2) is 53.0 Å². The predicted molar refractivity (Wildman–Crippen MR) is 86.6 cm³/mol. The molecule has 3 rings (SSSR count). The highest BCUT2D eigenvalue weighted by Crippen LogP contribution is 2.37. The van der Waals surface area contributed by atoms with E-state index in [1.807, 2.05) is 36.4 Å². The minimum absolute atomic E-state index is 0.00163. The van der Waals surface area contributed by atoms with Gasteiger partial charge >= 0.3 is 0 Å². The lowest BCUT2D eigenvalue weighted by Gasteiger charge is -2.23. The molecule has 1 saturated heterocycles. The van der Waals surface area contributed by atoms with Crippen molar-refractivity contribution in [1.82, 2.24) is 9.88 Å². The maximum Gasteiger partial charge on any atom is 0.233 e. The van der Waals surface area contributed by atoms with Crippen LogP contribution in [-0.2, 0) is 9.53 Å². The molecule has 1 aliphatic rings. The Morgan fingerprint density at radius 2 is 2.14 bits per heavy atom. The Morgan fingerprint density at radius 3 is 3.00 bits per heavy atom. The third-order valence-electron chi connectivity index (χ3n) is 3.55. The summed E-state index contributed by atoms with van der Waals surface area (Å²) in [7, 11) is 0. The molecule has 2 heterocycles. The summed E-state index contributed by atoms with van der Waals surface area (Å²) in [6, 6.07) is 12.0. The number of benzene rings is 1. The summed E-state index contributed by atoms with van der Waals surface area (Å²) in [6.45, 7) is 1.24. The van der Waals surface area contributed by atoms with Gasteiger partial charge in [0.1, 0.15) is 5.37 Å². The number of rotatable bonds is 6. The van der Waals surface area contributed by atoms with E-state index in [1.165, 1.54) is 0 Å². The summed E-state index contributed by atoms with van der Waals surface area (Å²) in [5.74, 6) is 0.580. The molecule has 0 bridgehead atoms. The summed E-state index contributed by atoms with van der Waals surface area (Å²) in [5.41, 5.74) is 1.84. The molecule has 1 fully saturated rings. The van der Waals surface area contributed by atoms with Crippen LogP contribution < -0.4 is 0 Å². The topological polar surface area (TPSA) is 62.7 Å². The van der Waals surface area contributed by atoms with Gasteiger partial charge in [-0.15, -0.1) is 11.8 Å². The van der Waals surface area contributed by atoms with Crippen LogP contribution in [0.1, 0.15) is 11.1 Å². The van der Waals surface area contributed by atoms with Gasteiger partial charge in [0.05, 0.1) is 36.8 Å². The molecule has 116 valence electrons. The molecule has 22 heavy (non-hydrogen) atoms. The maximum atomic E-state index is 12.1. The fourth-order valence-electron chi connectivity index (χ4n) is 2.49. The first-order chi connectivity index (χ1) is 10.8. The Hall–Kier alpha value is -1.63. The normalized spacial score (nSPS) is 18.3. The molecule has 1 amide bonds. The second-order valence-corrected chi connectivity index (χ2v) is 6.08. The molecule has 1 aromatic heterocycles. The van der Waals surface area contributed by atoms with Crippen LogP contribution in [0.4, 0.5) is 0 Å². The van der Waals surface area contributed by atoms with Gasteiger partial charge in [0.25, 0.3) is 0 Å². The fourth-order valence-corrected chi connectivity index (χ4v) is 3.66. The van der Waals surface area contributed by atoms with Crippen molar-refractivity contribution in [3.05, 3.63) is 42.1 Å². The molecule has 0 radical (unpaired) electrons. The molecule has 1 aliphatic heterocycles. The minimum atomic E-state index is -0.0603. The van der Waals surface area contributed by atoms with Crippen LogP contribution in [0.3, 0.4) is 0 Å². The Labute approximate surface area is 133 Å². The number of pyridine rings is 1. The minimum Gasteiger partial charge on any atom is -0.394 e. The first-order valence-electron chi connectivity index (χ1n) is 7.25. The highest BCUT2D eigenvalue weighted by Gasteiger charge is 2.33. The van der Waals surface area contributed by atoms with Crippen LogP contribution in [0.15, 0.2) is 36.4 Å². The van der Waals surface area contributed by atoms with Crippen molar-refractivity contribution in [2.75, 3.05) is 32.1 Å². The van der Waals surface area contributed by atoms with E-state index >= 15 is 0 Å². The van der Waals surface area contributed by atoms with Crippen LogP contribution in [0.25, 0.3) is 10.9 Å². The van der Waals surface area contributed by atoms with Crippen LogP contribution in [0, 0.1) is 0 Å². The zero-order chi connectivity index (χ0) is 15.4. The Morgan fingerprint density at radius 1 is 1.27 bits per heavy atom. The van der Waals surface area contributed by atoms with E-state index in [1.54, 1.807) is 16.7 Å². The van der Waals surface area contributed by atoms with Gasteiger partial charge in [0.2, 0.25) is 5.91 Å². The lowest BCUT2D eigenvalue weighted by molar-refractivity contribution is -0.128. The van der Waals surface area contributed by atoms with E-state index in [4.69, 9.17) is 14.8 Å². The number of hydrogen-bond acceptors (Lipinski definition) is 5. The van der Waals surface area contributed by atoms with Crippen molar-refractivity contribution in [2.24, 2.45) is 0 Å². The number of thioether (sulfide) groups is 1. The Kier molecular flexibility index (Phi) is 4.92. The summed E-state index contributed by atoms with van der Waals surface area (Å²) < 4.78 is 5.27. The van der Waals surface area contributed by atoms with Crippen LogP contribution >= 0.6 is 11.8 Å². The van der Waals surface area contributed by atoms with Crippen LogP contribution in [0.5, 0.6) is 0 Å². The third kappa shape index (κ3) is 3.24. The highest BCUT2D eigenvalue weighted by atomic mass is 32.2. The molecule has 0 aliphatic carbocycles. The number of aromatic nitrogens is 1. The van der Waals surface area contributed by atoms with E-state index < -0.39 is 0 Å². The Balaban J connectivity index is 1.76. The molecule has 0 saturated carbocycles. The van der Waals surface area contributed by atoms with Gasteiger partial charge in [-0.3, -0.25) is 4.79 Å². The van der Waals surface area contributed by atoms with E-state index in [-0.39, 0.29) is 17.9 Å². The summed E-state index contributed by atoms with van der Waals surface area (Å²) in [4.78, 5) is 18.6. The van der Waals surface area contributed by atoms with Crippen molar-refractivity contribution in [3.63, 3.8) is 0 Å².